The molecule has 162 valence electrons. The second-order valence-electron chi connectivity index (χ2n) is 8.10. The molecule has 2 atom stereocenters. The lowest BCUT2D eigenvalue weighted by atomic mass is 9.87. The molecule has 0 bridgehead atoms. The molecule has 0 aliphatic heterocycles. The fourth-order valence-corrected chi connectivity index (χ4v) is 5.26. The number of halogens is 2. The Labute approximate surface area is 178 Å². The van der Waals surface area contributed by atoms with Gasteiger partial charge in [-0.1, -0.05) is 18.5 Å². The van der Waals surface area contributed by atoms with E-state index in [9.17, 15) is 17.6 Å². The highest BCUT2D eigenvalue weighted by atomic mass is 35.5. The third kappa shape index (κ3) is 4.15. The maximum absolute atomic E-state index is 12.9. The number of nitrogens with one attached hydrogen (secondary N) is 1. The molecule has 0 aromatic carbocycles. The van der Waals surface area contributed by atoms with Crippen molar-refractivity contribution in [1.82, 2.24) is 19.5 Å². The van der Waals surface area contributed by atoms with Gasteiger partial charge in [-0.2, -0.15) is 0 Å². The highest BCUT2D eigenvalue weighted by Gasteiger charge is 2.44. The van der Waals surface area contributed by atoms with Gasteiger partial charge >= 0.3 is 0 Å². The van der Waals surface area contributed by atoms with E-state index in [1.54, 1.807) is 12.3 Å². The number of pyridine rings is 1. The van der Waals surface area contributed by atoms with Gasteiger partial charge in [-0.25, -0.2) is 22.8 Å². The number of rotatable bonds is 8. The van der Waals surface area contributed by atoms with Gasteiger partial charge in [0.15, 0.2) is 5.82 Å². The molecule has 2 aromatic heterocycles. The standard InChI is InChI=1S/C19H22ClFN4O4S/c1-12-2-4-14(12)30(27,28)24-18(26)13-3-5-15(22-17(13)20)25-9-6-16(23-25)29-11-19(10-21)7-8-19/h3,5-6,9,12,14H,2,4,7-8,10-11H2,1H3,(H,24,26)/t12-,14?/m1/s1. The van der Waals surface area contributed by atoms with E-state index < -0.39 is 27.9 Å². The summed E-state index contributed by atoms with van der Waals surface area (Å²) in [6.45, 7) is 1.69. The zero-order chi connectivity index (χ0) is 21.5. The van der Waals surface area contributed by atoms with E-state index >= 15 is 0 Å². The summed E-state index contributed by atoms with van der Waals surface area (Å²) in [7, 11) is -3.76. The van der Waals surface area contributed by atoms with E-state index in [4.69, 9.17) is 16.3 Å². The monoisotopic (exact) mass is 456 g/mol. The minimum absolute atomic E-state index is 0.0159. The number of aromatic nitrogens is 3. The molecule has 11 heteroatoms. The van der Waals surface area contributed by atoms with Crippen LogP contribution in [0.2, 0.25) is 5.15 Å². The Morgan fingerprint density at radius 1 is 1.37 bits per heavy atom. The van der Waals surface area contributed by atoms with Crippen LogP contribution in [0.1, 0.15) is 43.0 Å². The molecule has 2 fully saturated rings. The van der Waals surface area contributed by atoms with Crippen molar-refractivity contribution in [3.05, 3.63) is 35.1 Å². The minimum Gasteiger partial charge on any atom is -0.476 e. The first kappa shape index (κ1) is 21.0. The van der Waals surface area contributed by atoms with Gasteiger partial charge in [0.05, 0.1) is 24.1 Å². The molecule has 2 saturated carbocycles. The quantitative estimate of drug-likeness (QED) is 0.612. The predicted molar refractivity (Wildman–Crippen MR) is 108 cm³/mol. The van der Waals surface area contributed by atoms with Crippen molar-refractivity contribution < 1.29 is 22.3 Å². The van der Waals surface area contributed by atoms with Gasteiger partial charge in [0.25, 0.3) is 5.91 Å². The van der Waals surface area contributed by atoms with Gasteiger partial charge in [0, 0.05) is 17.7 Å². The smallest absolute Gasteiger partial charge is 0.267 e. The molecule has 0 radical (unpaired) electrons. The molecule has 30 heavy (non-hydrogen) atoms. The lowest BCUT2D eigenvalue weighted by Gasteiger charge is -2.32. The van der Waals surface area contributed by atoms with Gasteiger partial charge in [0.2, 0.25) is 15.9 Å². The number of amides is 1. The third-order valence-electron chi connectivity index (χ3n) is 5.82. The summed E-state index contributed by atoms with van der Waals surface area (Å²) < 4.78 is 46.6. The highest BCUT2D eigenvalue weighted by molar-refractivity contribution is 7.90. The molecule has 0 spiro atoms. The third-order valence-corrected chi connectivity index (χ3v) is 8.08. The van der Waals surface area contributed by atoms with E-state index in [2.05, 4.69) is 14.8 Å². The Hall–Kier alpha value is -2.20. The number of hydrogen-bond donors (Lipinski definition) is 1. The molecular weight excluding hydrogens is 435 g/mol. The first-order valence-electron chi connectivity index (χ1n) is 9.70. The topological polar surface area (TPSA) is 103 Å². The number of carbonyl (C=O) groups excluding carboxylic acids is 1. The normalized spacial score (nSPS) is 22.2. The average Bonchev–Trinajstić information content (AvgIpc) is 3.31. The number of sulfonamides is 1. The Bertz CT molecular complexity index is 1070. The molecule has 4 rings (SSSR count). The van der Waals surface area contributed by atoms with Crippen molar-refractivity contribution in [2.75, 3.05) is 13.3 Å². The summed E-state index contributed by atoms with van der Waals surface area (Å²) in [6, 6.07) is 4.52. The first-order valence-corrected chi connectivity index (χ1v) is 11.6. The van der Waals surface area contributed by atoms with Crippen molar-refractivity contribution in [1.29, 1.82) is 0 Å². The van der Waals surface area contributed by atoms with E-state index in [1.807, 2.05) is 6.92 Å². The molecule has 1 amide bonds. The molecule has 2 aliphatic carbocycles. The maximum Gasteiger partial charge on any atom is 0.267 e. The predicted octanol–water partition coefficient (Wildman–Crippen LogP) is 2.91. The van der Waals surface area contributed by atoms with Crippen LogP contribution in [0.4, 0.5) is 4.39 Å². The molecule has 2 aromatic rings. The lowest BCUT2D eigenvalue weighted by Crippen LogP contribution is -2.46. The van der Waals surface area contributed by atoms with Crippen LogP contribution in [-0.4, -0.2) is 47.6 Å². The Morgan fingerprint density at radius 3 is 2.70 bits per heavy atom. The second kappa shape index (κ2) is 7.81. The number of alkyl halides is 1. The van der Waals surface area contributed by atoms with Crippen LogP contribution in [0.5, 0.6) is 5.88 Å². The Morgan fingerprint density at radius 2 is 2.13 bits per heavy atom. The largest absolute Gasteiger partial charge is 0.476 e. The summed E-state index contributed by atoms with van der Waals surface area (Å²) in [6.07, 6.45) is 4.57. The summed E-state index contributed by atoms with van der Waals surface area (Å²) >= 11 is 6.13. The molecular formula is C19H22ClFN4O4S. The van der Waals surface area contributed by atoms with Crippen molar-refractivity contribution in [2.45, 2.75) is 37.9 Å². The zero-order valence-electron chi connectivity index (χ0n) is 16.3. The van der Waals surface area contributed by atoms with Gasteiger partial charge in [-0.3, -0.25) is 9.18 Å². The van der Waals surface area contributed by atoms with Crippen molar-refractivity contribution in [3.8, 4) is 11.7 Å². The second-order valence-corrected chi connectivity index (χ2v) is 10.4. The summed E-state index contributed by atoms with van der Waals surface area (Å²) in [4.78, 5) is 16.5. The van der Waals surface area contributed by atoms with Crippen LogP contribution in [0.3, 0.4) is 0 Å². The Balaban J connectivity index is 1.43. The fraction of sp³-hybridized carbons (Fsp3) is 0.526. The Kier molecular flexibility index (Phi) is 5.48. The van der Waals surface area contributed by atoms with Crippen LogP contribution in [0, 0.1) is 11.3 Å². The maximum atomic E-state index is 12.9. The SMILES string of the molecule is C[C@@H]1CCC1S(=O)(=O)NC(=O)c1ccc(-n2ccc(OCC3(CF)CC3)n2)nc1Cl. The van der Waals surface area contributed by atoms with Gasteiger partial charge in [-0.05, 0) is 43.7 Å². The summed E-state index contributed by atoms with van der Waals surface area (Å²) in [5, 5.41) is 3.51. The van der Waals surface area contributed by atoms with Crippen molar-refractivity contribution in [2.24, 2.45) is 11.3 Å². The van der Waals surface area contributed by atoms with Crippen molar-refractivity contribution >= 4 is 27.5 Å². The average molecular weight is 457 g/mol. The molecule has 1 N–H and O–H groups in total. The molecule has 2 aliphatic rings. The van der Waals surface area contributed by atoms with Crippen molar-refractivity contribution in [3.63, 3.8) is 0 Å². The number of ether oxygens (including phenoxy) is 1. The van der Waals surface area contributed by atoms with E-state index in [0.717, 1.165) is 19.3 Å². The number of carbonyl (C=O) groups is 1. The van der Waals surface area contributed by atoms with Gasteiger partial charge < -0.3 is 4.74 Å². The number of hydrogen-bond acceptors (Lipinski definition) is 6. The first-order chi connectivity index (χ1) is 14.2. The lowest BCUT2D eigenvalue weighted by molar-refractivity contribution is 0.0980. The van der Waals surface area contributed by atoms with Crippen LogP contribution in [-0.2, 0) is 10.0 Å². The van der Waals surface area contributed by atoms with E-state index in [-0.39, 0.29) is 28.7 Å². The molecule has 8 nitrogen and oxygen atoms in total. The summed E-state index contributed by atoms with van der Waals surface area (Å²) in [5.74, 6) is -0.144. The van der Waals surface area contributed by atoms with Crippen LogP contribution in [0.25, 0.3) is 5.82 Å². The van der Waals surface area contributed by atoms with Crippen LogP contribution in [0.15, 0.2) is 24.4 Å². The van der Waals surface area contributed by atoms with Gasteiger partial charge in [0.1, 0.15) is 5.15 Å². The summed E-state index contributed by atoms with van der Waals surface area (Å²) in [5.41, 5.74) is -0.420. The number of nitrogens with zero attached hydrogens (tertiary/aromatic N) is 3. The fourth-order valence-electron chi connectivity index (χ4n) is 3.31. The zero-order valence-corrected chi connectivity index (χ0v) is 17.9. The molecule has 0 saturated heterocycles. The molecule has 1 unspecified atom stereocenters. The van der Waals surface area contributed by atoms with Crippen LogP contribution < -0.4 is 9.46 Å². The minimum atomic E-state index is -3.76. The molecule has 2 heterocycles. The van der Waals surface area contributed by atoms with Crippen LogP contribution >= 0.6 is 11.6 Å². The van der Waals surface area contributed by atoms with E-state index in [0.29, 0.717) is 18.1 Å². The van der Waals surface area contributed by atoms with Gasteiger partial charge in [-0.15, -0.1) is 5.10 Å². The van der Waals surface area contributed by atoms with E-state index in [1.165, 1.54) is 16.8 Å². The highest BCUT2D eigenvalue weighted by Crippen LogP contribution is 2.46.